The van der Waals surface area contributed by atoms with E-state index in [4.69, 9.17) is 9.47 Å². The Morgan fingerprint density at radius 2 is 1.70 bits per heavy atom. The van der Waals surface area contributed by atoms with Gasteiger partial charge in [-0.1, -0.05) is 54.6 Å². The molecule has 0 radical (unpaired) electrons. The van der Waals surface area contributed by atoms with Crippen LogP contribution >= 0.6 is 0 Å². The van der Waals surface area contributed by atoms with Gasteiger partial charge in [-0.25, -0.2) is 9.59 Å². The second kappa shape index (κ2) is 9.03. The number of carbonyl (C=O) groups is 2. The van der Waals surface area contributed by atoms with Gasteiger partial charge in [-0.15, -0.1) is 0 Å². The van der Waals surface area contributed by atoms with E-state index >= 15 is 0 Å². The van der Waals surface area contributed by atoms with Crippen LogP contribution < -0.4 is 0 Å². The zero-order valence-electron chi connectivity index (χ0n) is 18.0. The monoisotopic (exact) mass is 444 g/mol. The van der Waals surface area contributed by atoms with Crippen molar-refractivity contribution in [3.05, 3.63) is 89.7 Å². The van der Waals surface area contributed by atoms with Gasteiger partial charge >= 0.3 is 12.1 Å². The molecule has 2 aromatic carbocycles. The molecule has 1 N–H and O–H groups in total. The van der Waals surface area contributed by atoms with Gasteiger partial charge in [-0.3, -0.25) is 9.88 Å². The third-order valence-electron chi connectivity index (χ3n) is 6.35. The number of hydrogen-bond acceptors (Lipinski definition) is 5. The molecule has 1 saturated heterocycles. The molecule has 7 heteroatoms. The molecule has 3 aromatic rings. The fourth-order valence-corrected chi connectivity index (χ4v) is 4.80. The number of fused-ring (bicyclic) bond motifs is 3. The highest BCUT2D eigenvalue weighted by atomic mass is 16.6. The van der Waals surface area contributed by atoms with Gasteiger partial charge in [0.15, 0.2) is 6.04 Å². The molecule has 7 nitrogen and oxygen atoms in total. The lowest BCUT2D eigenvalue weighted by Gasteiger charge is -2.25. The molecule has 5 rings (SSSR count). The molecule has 0 spiro atoms. The number of benzene rings is 2. The highest BCUT2D eigenvalue weighted by Gasteiger charge is 2.44. The maximum absolute atomic E-state index is 12.9. The van der Waals surface area contributed by atoms with E-state index in [1.165, 1.54) is 4.90 Å². The van der Waals surface area contributed by atoms with Gasteiger partial charge in [0.1, 0.15) is 6.61 Å². The third kappa shape index (κ3) is 4.07. The van der Waals surface area contributed by atoms with Gasteiger partial charge in [0.05, 0.1) is 12.7 Å². The zero-order valence-corrected chi connectivity index (χ0v) is 18.0. The summed E-state index contributed by atoms with van der Waals surface area (Å²) in [6.07, 6.45) is 2.54. The first-order valence-corrected chi connectivity index (χ1v) is 11.0. The number of amides is 1. The molecule has 0 saturated carbocycles. The molecule has 1 fully saturated rings. The molecule has 1 aliphatic heterocycles. The van der Waals surface area contributed by atoms with Crippen LogP contribution in [0.2, 0.25) is 0 Å². The van der Waals surface area contributed by atoms with E-state index in [1.54, 1.807) is 18.5 Å². The van der Waals surface area contributed by atoms with Gasteiger partial charge in [-0.2, -0.15) is 0 Å². The Kier molecular flexibility index (Phi) is 5.79. The van der Waals surface area contributed by atoms with E-state index in [1.807, 2.05) is 42.5 Å². The number of pyridine rings is 1. The van der Waals surface area contributed by atoms with E-state index in [0.717, 1.165) is 27.8 Å². The van der Waals surface area contributed by atoms with Crippen molar-refractivity contribution in [2.24, 2.45) is 0 Å². The molecule has 1 aromatic heterocycles. The van der Waals surface area contributed by atoms with Crippen LogP contribution in [0.3, 0.4) is 0 Å². The second-order valence-corrected chi connectivity index (χ2v) is 8.28. The molecule has 0 bridgehead atoms. The molecule has 0 unspecified atom stereocenters. The molecule has 1 aliphatic carbocycles. The van der Waals surface area contributed by atoms with Crippen LogP contribution in [0.15, 0.2) is 73.1 Å². The van der Waals surface area contributed by atoms with Crippen LogP contribution in [-0.2, 0) is 20.9 Å². The van der Waals surface area contributed by atoms with Crippen molar-refractivity contribution in [1.82, 2.24) is 9.88 Å². The Balaban J connectivity index is 1.26. The highest BCUT2D eigenvalue weighted by Crippen LogP contribution is 2.44. The lowest BCUT2D eigenvalue weighted by atomic mass is 9.98. The van der Waals surface area contributed by atoms with Crippen molar-refractivity contribution in [2.75, 3.05) is 13.2 Å². The summed E-state index contributed by atoms with van der Waals surface area (Å²) < 4.78 is 11.5. The summed E-state index contributed by atoms with van der Waals surface area (Å²) in [7, 11) is 0. The summed E-state index contributed by atoms with van der Waals surface area (Å²) >= 11 is 0. The number of rotatable bonds is 6. The molecule has 2 atom stereocenters. The first kappa shape index (κ1) is 21.2. The van der Waals surface area contributed by atoms with Crippen LogP contribution in [0, 0.1) is 0 Å². The largest absolute Gasteiger partial charge is 0.480 e. The van der Waals surface area contributed by atoms with Gasteiger partial charge in [0.25, 0.3) is 0 Å². The number of carboxylic acid groups (broad SMARTS) is 1. The van der Waals surface area contributed by atoms with Gasteiger partial charge < -0.3 is 14.6 Å². The Labute approximate surface area is 191 Å². The van der Waals surface area contributed by atoms with Crippen LogP contribution in [-0.4, -0.2) is 52.4 Å². The minimum atomic E-state index is -1.10. The summed E-state index contributed by atoms with van der Waals surface area (Å²) in [5, 5.41) is 9.80. The van der Waals surface area contributed by atoms with Crippen LogP contribution in [0.4, 0.5) is 4.79 Å². The summed E-state index contributed by atoms with van der Waals surface area (Å²) in [5.41, 5.74) is 5.35. The molecule has 1 amide bonds. The molecular formula is C26H24N2O5. The fourth-order valence-electron chi connectivity index (χ4n) is 4.80. The number of aromatic nitrogens is 1. The number of carbonyl (C=O) groups excluding carboxylic acids is 1. The number of aliphatic carboxylic acids is 1. The Bertz CT molecular complexity index is 1120. The Morgan fingerprint density at radius 1 is 1.00 bits per heavy atom. The first-order valence-electron chi connectivity index (χ1n) is 11.0. The lowest BCUT2D eigenvalue weighted by molar-refractivity contribution is -0.146. The number of nitrogens with zero attached hydrogens (tertiary/aromatic N) is 2. The van der Waals surface area contributed by atoms with Crippen molar-refractivity contribution in [3.63, 3.8) is 0 Å². The standard InChI is InChI=1S/C26H24N2O5/c29-25(30)24-23(32-15-17-6-5-12-27-14-17)11-13-28(24)26(31)33-16-22-20-9-3-1-7-18(20)19-8-2-4-10-21(19)22/h1-10,12,14,22-24H,11,13,15-16H2,(H,29,30)/t23-,24+/m0/s1. The van der Waals surface area contributed by atoms with Crippen LogP contribution in [0.25, 0.3) is 11.1 Å². The minimum Gasteiger partial charge on any atom is -0.480 e. The summed E-state index contributed by atoms with van der Waals surface area (Å²) in [6, 6.07) is 18.8. The third-order valence-corrected chi connectivity index (χ3v) is 6.35. The summed E-state index contributed by atoms with van der Waals surface area (Å²) in [5.74, 6) is -1.18. The van der Waals surface area contributed by atoms with Gasteiger partial charge in [0, 0.05) is 24.9 Å². The predicted molar refractivity (Wildman–Crippen MR) is 121 cm³/mol. The average Bonchev–Trinajstić information content (AvgIpc) is 3.42. The van der Waals surface area contributed by atoms with E-state index in [-0.39, 0.29) is 25.7 Å². The smallest absolute Gasteiger partial charge is 0.410 e. The minimum absolute atomic E-state index is 0.0788. The molecule has 2 heterocycles. The maximum atomic E-state index is 12.9. The van der Waals surface area contributed by atoms with E-state index < -0.39 is 24.2 Å². The van der Waals surface area contributed by atoms with E-state index in [9.17, 15) is 14.7 Å². The number of ether oxygens (including phenoxy) is 2. The van der Waals surface area contributed by atoms with Gasteiger partial charge in [0.2, 0.25) is 0 Å². The second-order valence-electron chi connectivity index (χ2n) is 8.28. The normalized spacial score (nSPS) is 19.2. The Hall–Kier alpha value is -3.71. The Morgan fingerprint density at radius 3 is 2.33 bits per heavy atom. The summed E-state index contributed by atoms with van der Waals surface area (Å²) in [6.45, 7) is 0.656. The van der Waals surface area contributed by atoms with Crippen molar-refractivity contribution < 1.29 is 24.2 Å². The van der Waals surface area contributed by atoms with Crippen molar-refractivity contribution >= 4 is 12.1 Å². The van der Waals surface area contributed by atoms with Crippen molar-refractivity contribution in [3.8, 4) is 11.1 Å². The average molecular weight is 444 g/mol. The lowest BCUT2D eigenvalue weighted by Crippen LogP contribution is -2.46. The van der Waals surface area contributed by atoms with E-state index in [2.05, 4.69) is 17.1 Å². The molecular weight excluding hydrogens is 420 g/mol. The fraction of sp³-hybridized carbons (Fsp3) is 0.269. The van der Waals surface area contributed by atoms with Crippen molar-refractivity contribution in [1.29, 1.82) is 0 Å². The highest BCUT2D eigenvalue weighted by molar-refractivity contribution is 5.82. The molecule has 33 heavy (non-hydrogen) atoms. The number of likely N-dealkylation sites (tertiary alicyclic amines) is 1. The quantitative estimate of drug-likeness (QED) is 0.616. The topological polar surface area (TPSA) is 89.0 Å². The SMILES string of the molecule is O=C(O)[C@H]1[C@@H](OCc2cccnc2)CCN1C(=O)OCC1c2ccccc2-c2ccccc21. The molecule has 2 aliphatic rings. The van der Waals surface area contributed by atoms with Crippen LogP contribution in [0.1, 0.15) is 29.0 Å². The zero-order chi connectivity index (χ0) is 22.8. The molecule has 168 valence electrons. The van der Waals surface area contributed by atoms with Crippen LogP contribution in [0.5, 0.6) is 0 Å². The summed E-state index contributed by atoms with van der Waals surface area (Å²) in [4.78, 5) is 30.2. The number of hydrogen-bond donors (Lipinski definition) is 1. The van der Waals surface area contributed by atoms with Crippen molar-refractivity contribution in [2.45, 2.75) is 31.1 Å². The van der Waals surface area contributed by atoms with Gasteiger partial charge in [-0.05, 0) is 40.3 Å². The first-order chi connectivity index (χ1) is 16.1. The number of carboxylic acids is 1. The maximum Gasteiger partial charge on any atom is 0.410 e. The predicted octanol–water partition coefficient (Wildman–Crippen LogP) is 4.07. The van der Waals surface area contributed by atoms with E-state index in [0.29, 0.717) is 6.42 Å².